The molecule has 0 bridgehead atoms. The zero-order valence-electron chi connectivity index (χ0n) is 12.0. The standard InChI is InChI=1S/C15H23F2NO2/c1-11(2)20-9-4-3-8-18-10-14(19)15-12(16)6-5-7-13(15)17/h5-7,11,14,18-19H,3-4,8-10H2,1-2H3. The van der Waals surface area contributed by atoms with Gasteiger partial charge in [0.15, 0.2) is 0 Å². The van der Waals surface area contributed by atoms with Gasteiger partial charge >= 0.3 is 0 Å². The lowest BCUT2D eigenvalue weighted by atomic mass is 10.1. The number of hydrogen-bond donors (Lipinski definition) is 2. The van der Waals surface area contributed by atoms with Crippen LogP contribution in [0.1, 0.15) is 38.4 Å². The first kappa shape index (κ1) is 17.0. The molecular weight excluding hydrogens is 264 g/mol. The SMILES string of the molecule is CC(C)OCCCCNCC(O)c1c(F)cccc1F. The number of rotatable bonds is 9. The Morgan fingerprint density at radius 3 is 2.45 bits per heavy atom. The van der Waals surface area contributed by atoms with Gasteiger partial charge in [0.2, 0.25) is 0 Å². The Hall–Kier alpha value is -1.04. The van der Waals surface area contributed by atoms with Crippen molar-refractivity contribution in [2.45, 2.75) is 38.9 Å². The first-order valence-electron chi connectivity index (χ1n) is 6.96. The highest BCUT2D eigenvalue weighted by atomic mass is 19.1. The summed E-state index contributed by atoms with van der Waals surface area (Å²) in [7, 11) is 0. The van der Waals surface area contributed by atoms with Crippen molar-refractivity contribution in [2.75, 3.05) is 19.7 Å². The van der Waals surface area contributed by atoms with Crippen LogP contribution in [0, 0.1) is 11.6 Å². The topological polar surface area (TPSA) is 41.5 Å². The van der Waals surface area contributed by atoms with Gasteiger partial charge in [-0.25, -0.2) is 8.78 Å². The molecule has 0 radical (unpaired) electrons. The summed E-state index contributed by atoms with van der Waals surface area (Å²) >= 11 is 0. The van der Waals surface area contributed by atoms with Crippen LogP contribution in [0.2, 0.25) is 0 Å². The molecule has 0 amide bonds. The van der Waals surface area contributed by atoms with E-state index >= 15 is 0 Å². The molecule has 1 aromatic rings. The van der Waals surface area contributed by atoms with Crippen molar-refractivity contribution in [1.82, 2.24) is 5.32 Å². The van der Waals surface area contributed by atoms with Gasteiger partial charge in [0, 0.05) is 13.2 Å². The van der Waals surface area contributed by atoms with E-state index in [-0.39, 0.29) is 18.2 Å². The van der Waals surface area contributed by atoms with E-state index in [0.29, 0.717) is 13.2 Å². The van der Waals surface area contributed by atoms with Crippen molar-refractivity contribution in [3.05, 3.63) is 35.4 Å². The van der Waals surface area contributed by atoms with Crippen LogP contribution in [0.3, 0.4) is 0 Å². The predicted octanol–water partition coefficient (Wildman–Crippen LogP) is 2.79. The number of hydrogen-bond acceptors (Lipinski definition) is 3. The average molecular weight is 287 g/mol. The van der Waals surface area contributed by atoms with Crippen molar-refractivity contribution in [2.24, 2.45) is 0 Å². The molecule has 0 aromatic heterocycles. The fraction of sp³-hybridized carbons (Fsp3) is 0.600. The number of nitrogens with one attached hydrogen (secondary N) is 1. The number of unbranched alkanes of at least 4 members (excludes halogenated alkanes) is 1. The third kappa shape index (κ3) is 5.94. The maximum atomic E-state index is 13.4. The summed E-state index contributed by atoms with van der Waals surface area (Å²) < 4.78 is 32.2. The molecule has 2 N–H and O–H groups in total. The molecule has 0 aliphatic rings. The molecule has 1 atom stereocenters. The van der Waals surface area contributed by atoms with Gasteiger partial charge < -0.3 is 15.2 Å². The molecule has 0 saturated carbocycles. The summed E-state index contributed by atoms with van der Waals surface area (Å²) in [5.41, 5.74) is -0.275. The van der Waals surface area contributed by atoms with Gasteiger partial charge in [0.25, 0.3) is 0 Å². The molecular formula is C15H23F2NO2. The van der Waals surface area contributed by atoms with Crippen molar-refractivity contribution < 1.29 is 18.6 Å². The number of ether oxygens (including phenoxy) is 1. The number of aliphatic hydroxyl groups is 1. The maximum absolute atomic E-state index is 13.4. The van der Waals surface area contributed by atoms with Gasteiger partial charge in [-0.2, -0.15) is 0 Å². The molecule has 0 saturated heterocycles. The van der Waals surface area contributed by atoms with Crippen LogP contribution in [0.4, 0.5) is 8.78 Å². The summed E-state index contributed by atoms with van der Waals surface area (Å²) in [5, 5.41) is 12.8. The Bertz CT molecular complexity index is 379. The molecule has 0 fully saturated rings. The van der Waals surface area contributed by atoms with Gasteiger partial charge in [-0.1, -0.05) is 6.07 Å². The Kier molecular flexibility index (Phi) is 7.65. The third-order valence-electron chi connectivity index (χ3n) is 2.87. The van der Waals surface area contributed by atoms with E-state index in [0.717, 1.165) is 25.0 Å². The molecule has 3 nitrogen and oxygen atoms in total. The van der Waals surface area contributed by atoms with E-state index in [1.165, 1.54) is 6.07 Å². The lowest BCUT2D eigenvalue weighted by molar-refractivity contribution is 0.0758. The molecule has 20 heavy (non-hydrogen) atoms. The second-order valence-corrected chi connectivity index (χ2v) is 4.98. The van der Waals surface area contributed by atoms with Crippen LogP contribution in [0.15, 0.2) is 18.2 Å². The molecule has 1 aromatic carbocycles. The average Bonchev–Trinajstić information content (AvgIpc) is 2.37. The minimum Gasteiger partial charge on any atom is -0.387 e. The quantitative estimate of drug-likeness (QED) is 0.686. The van der Waals surface area contributed by atoms with E-state index in [1.807, 2.05) is 13.8 Å². The van der Waals surface area contributed by atoms with Crippen LogP contribution in [-0.4, -0.2) is 30.9 Å². The number of benzene rings is 1. The highest BCUT2D eigenvalue weighted by Gasteiger charge is 2.16. The van der Waals surface area contributed by atoms with E-state index < -0.39 is 17.7 Å². The summed E-state index contributed by atoms with van der Waals surface area (Å²) in [6.07, 6.45) is 0.853. The highest BCUT2D eigenvalue weighted by Crippen LogP contribution is 2.19. The highest BCUT2D eigenvalue weighted by molar-refractivity contribution is 5.22. The summed E-state index contributed by atoms with van der Waals surface area (Å²) in [4.78, 5) is 0. The molecule has 0 aliphatic heterocycles. The Balaban J connectivity index is 2.22. The molecule has 0 spiro atoms. The molecule has 5 heteroatoms. The van der Waals surface area contributed by atoms with Gasteiger partial charge in [0.1, 0.15) is 11.6 Å². The van der Waals surface area contributed by atoms with E-state index in [4.69, 9.17) is 4.74 Å². The first-order chi connectivity index (χ1) is 9.52. The van der Waals surface area contributed by atoms with E-state index in [9.17, 15) is 13.9 Å². The summed E-state index contributed by atoms with van der Waals surface area (Å²) in [6, 6.07) is 3.57. The monoisotopic (exact) mass is 287 g/mol. The number of aliphatic hydroxyl groups excluding tert-OH is 1. The zero-order chi connectivity index (χ0) is 15.0. The first-order valence-corrected chi connectivity index (χ1v) is 6.96. The van der Waals surface area contributed by atoms with Gasteiger partial charge in [0.05, 0.1) is 17.8 Å². The maximum Gasteiger partial charge on any atom is 0.131 e. The minimum atomic E-state index is -1.18. The smallest absolute Gasteiger partial charge is 0.131 e. The lowest BCUT2D eigenvalue weighted by Gasteiger charge is -2.14. The zero-order valence-corrected chi connectivity index (χ0v) is 12.0. The van der Waals surface area contributed by atoms with E-state index in [1.54, 1.807) is 0 Å². The van der Waals surface area contributed by atoms with Crippen LogP contribution >= 0.6 is 0 Å². The van der Waals surface area contributed by atoms with Gasteiger partial charge in [-0.3, -0.25) is 0 Å². The van der Waals surface area contributed by atoms with Crippen LogP contribution in [0.5, 0.6) is 0 Å². The molecule has 0 aliphatic carbocycles. The van der Waals surface area contributed by atoms with Crippen molar-refractivity contribution >= 4 is 0 Å². The molecule has 1 unspecified atom stereocenters. The fourth-order valence-corrected chi connectivity index (χ4v) is 1.84. The van der Waals surface area contributed by atoms with Crippen molar-refractivity contribution in [3.63, 3.8) is 0 Å². The minimum absolute atomic E-state index is 0.128. The summed E-state index contributed by atoms with van der Waals surface area (Å²) in [6.45, 7) is 5.47. The molecule has 1 rings (SSSR count). The Labute approximate surface area is 119 Å². The number of halogens is 2. The second kappa shape index (κ2) is 9.00. The van der Waals surface area contributed by atoms with Crippen LogP contribution in [0.25, 0.3) is 0 Å². The third-order valence-corrected chi connectivity index (χ3v) is 2.87. The Morgan fingerprint density at radius 2 is 1.85 bits per heavy atom. The van der Waals surface area contributed by atoms with Crippen LogP contribution < -0.4 is 5.32 Å². The van der Waals surface area contributed by atoms with Crippen molar-refractivity contribution in [1.29, 1.82) is 0 Å². The summed E-state index contributed by atoms with van der Waals surface area (Å²) in [5.74, 6) is -1.44. The fourth-order valence-electron chi connectivity index (χ4n) is 1.84. The Morgan fingerprint density at radius 1 is 1.20 bits per heavy atom. The van der Waals surface area contributed by atoms with Gasteiger partial charge in [-0.05, 0) is 45.4 Å². The van der Waals surface area contributed by atoms with Crippen LogP contribution in [-0.2, 0) is 4.74 Å². The predicted molar refractivity (Wildman–Crippen MR) is 74.5 cm³/mol. The molecule has 0 heterocycles. The molecule has 114 valence electrons. The second-order valence-electron chi connectivity index (χ2n) is 4.98. The lowest BCUT2D eigenvalue weighted by Crippen LogP contribution is -2.24. The van der Waals surface area contributed by atoms with Gasteiger partial charge in [-0.15, -0.1) is 0 Å². The van der Waals surface area contributed by atoms with Crippen molar-refractivity contribution in [3.8, 4) is 0 Å². The largest absolute Gasteiger partial charge is 0.387 e. The van der Waals surface area contributed by atoms with E-state index in [2.05, 4.69) is 5.32 Å². The normalized spacial score (nSPS) is 12.9.